The minimum atomic E-state index is -0.0854. The van der Waals surface area contributed by atoms with Crippen LogP contribution in [0.15, 0.2) is 79.1 Å². The van der Waals surface area contributed by atoms with Gasteiger partial charge in [-0.1, -0.05) is 42.5 Å². The van der Waals surface area contributed by atoms with Gasteiger partial charge in [0.1, 0.15) is 17.2 Å². The summed E-state index contributed by atoms with van der Waals surface area (Å²) in [6, 6.07) is 22.2. The first kappa shape index (κ1) is 22.0. The summed E-state index contributed by atoms with van der Waals surface area (Å²) < 4.78 is 2.04. The molecule has 0 saturated carbocycles. The Kier molecular flexibility index (Phi) is 5.45. The van der Waals surface area contributed by atoms with Crippen molar-refractivity contribution in [3.05, 3.63) is 102 Å². The Morgan fingerprint density at radius 1 is 1.03 bits per heavy atom. The molecule has 36 heavy (non-hydrogen) atoms. The molecule has 0 saturated heterocycles. The van der Waals surface area contributed by atoms with Gasteiger partial charge in [0.15, 0.2) is 0 Å². The summed E-state index contributed by atoms with van der Waals surface area (Å²) in [5.41, 5.74) is 5.40. The van der Waals surface area contributed by atoms with E-state index in [1.807, 2.05) is 48.0 Å². The Labute approximate surface area is 208 Å². The third-order valence-corrected chi connectivity index (χ3v) is 6.84. The number of hydrogen-bond acceptors (Lipinski definition) is 4. The molecule has 6 aromatic rings. The first-order valence-electron chi connectivity index (χ1n) is 12.1. The van der Waals surface area contributed by atoms with Crippen LogP contribution in [0, 0.1) is 0 Å². The molecule has 2 N–H and O–H groups in total. The molecule has 0 bridgehead atoms. The van der Waals surface area contributed by atoms with E-state index in [1.165, 1.54) is 16.3 Å². The van der Waals surface area contributed by atoms with Crippen molar-refractivity contribution in [3.8, 4) is 0 Å². The molecule has 0 fully saturated rings. The van der Waals surface area contributed by atoms with E-state index in [0.29, 0.717) is 12.1 Å². The van der Waals surface area contributed by atoms with Crippen molar-refractivity contribution in [3.63, 3.8) is 0 Å². The molecule has 0 spiro atoms. The first-order chi connectivity index (χ1) is 17.6. The van der Waals surface area contributed by atoms with Crippen LogP contribution in [-0.2, 0) is 13.5 Å². The summed E-state index contributed by atoms with van der Waals surface area (Å²) in [4.78, 5) is 30.0. The second-order valence-electron chi connectivity index (χ2n) is 9.11. The van der Waals surface area contributed by atoms with E-state index in [1.54, 1.807) is 12.4 Å². The average molecular weight is 475 g/mol. The molecule has 3 heterocycles. The quantitative estimate of drug-likeness (QED) is 0.351. The highest BCUT2D eigenvalue weighted by molar-refractivity contribution is 5.97. The highest BCUT2D eigenvalue weighted by Crippen LogP contribution is 2.27. The van der Waals surface area contributed by atoms with E-state index in [9.17, 15) is 4.79 Å². The number of aryl methyl sites for hydroxylation is 1. The maximum atomic E-state index is 13.0. The van der Waals surface area contributed by atoms with Gasteiger partial charge in [0, 0.05) is 25.4 Å². The minimum absolute atomic E-state index is 0.0484. The van der Waals surface area contributed by atoms with Crippen LogP contribution in [0.2, 0.25) is 0 Å². The zero-order valence-corrected chi connectivity index (χ0v) is 20.2. The van der Waals surface area contributed by atoms with E-state index < -0.39 is 0 Å². The van der Waals surface area contributed by atoms with Gasteiger partial charge in [-0.05, 0) is 53.9 Å². The molecule has 0 radical (unpaired) electrons. The second kappa shape index (κ2) is 8.92. The van der Waals surface area contributed by atoms with E-state index in [-0.39, 0.29) is 11.8 Å². The van der Waals surface area contributed by atoms with Gasteiger partial charge in [-0.15, -0.1) is 0 Å². The predicted octanol–water partition coefficient (Wildman–Crippen LogP) is 5.12. The largest absolute Gasteiger partial charge is 0.352 e. The maximum absolute atomic E-state index is 13.0. The summed E-state index contributed by atoms with van der Waals surface area (Å²) in [7, 11) is 1.98. The van der Waals surface area contributed by atoms with Crippen LogP contribution in [0.4, 0.5) is 0 Å². The van der Waals surface area contributed by atoms with Crippen LogP contribution in [0.5, 0.6) is 0 Å². The number of fused-ring (bicyclic) bond motifs is 3. The average Bonchev–Trinajstić information content (AvgIpc) is 3.49. The van der Waals surface area contributed by atoms with E-state index >= 15 is 0 Å². The van der Waals surface area contributed by atoms with Crippen LogP contribution in [0.3, 0.4) is 0 Å². The van der Waals surface area contributed by atoms with Crippen LogP contribution in [0.25, 0.3) is 32.8 Å². The van der Waals surface area contributed by atoms with Crippen molar-refractivity contribution in [2.24, 2.45) is 7.05 Å². The number of benzene rings is 3. The van der Waals surface area contributed by atoms with Gasteiger partial charge >= 0.3 is 0 Å². The molecule has 1 atom stereocenters. The van der Waals surface area contributed by atoms with Crippen molar-refractivity contribution in [2.45, 2.75) is 19.3 Å². The van der Waals surface area contributed by atoms with Crippen molar-refractivity contribution >= 4 is 38.7 Å². The minimum Gasteiger partial charge on any atom is -0.352 e. The molecule has 3 aromatic heterocycles. The molecule has 0 aliphatic carbocycles. The third kappa shape index (κ3) is 3.88. The molecular formula is C29H26N6O. The number of carbonyl (C=O) groups excluding carboxylic acids is 1. The van der Waals surface area contributed by atoms with Crippen molar-refractivity contribution < 1.29 is 4.79 Å². The third-order valence-electron chi connectivity index (χ3n) is 6.84. The number of H-pyrrole nitrogens is 1. The SMILES string of the molecule is CC(c1nc2cnccc2[nH]1)c1nc2ccc(C(=O)NCCc3cccc4ccccc34)cc2n1C. The molecule has 1 amide bonds. The van der Waals surface area contributed by atoms with E-state index in [2.05, 4.69) is 57.5 Å². The lowest BCUT2D eigenvalue weighted by atomic mass is 10.0. The molecule has 0 aliphatic heterocycles. The summed E-state index contributed by atoms with van der Waals surface area (Å²) in [6.07, 6.45) is 4.27. The molecule has 178 valence electrons. The Hall–Kier alpha value is -4.52. The maximum Gasteiger partial charge on any atom is 0.251 e. The number of hydrogen-bond donors (Lipinski definition) is 2. The number of nitrogens with one attached hydrogen (secondary N) is 2. The Balaban J connectivity index is 1.20. The van der Waals surface area contributed by atoms with E-state index in [4.69, 9.17) is 4.98 Å². The Morgan fingerprint density at radius 2 is 1.89 bits per heavy atom. The Bertz CT molecular complexity index is 1690. The van der Waals surface area contributed by atoms with Gasteiger partial charge in [0.2, 0.25) is 0 Å². The topological polar surface area (TPSA) is 88.5 Å². The highest BCUT2D eigenvalue weighted by Gasteiger charge is 2.20. The van der Waals surface area contributed by atoms with Crippen molar-refractivity contribution in [1.29, 1.82) is 0 Å². The van der Waals surface area contributed by atoms with Gasteiger partial charge in [-0.3, -0.25) is 9.78 Å². The molecule has 7 nitrogen and oxygen atoms in total. The smallest absolute Gasteiger partial charge is 0.251 e. The number of aromatic amines is 1. The number of pyridine rings is 1. The standard InChI is InChI=1S/C29H26N6O/c1-18(27-32-23-13-14-30-17-25(23)33-27)28-34-24-11-10-21(16-26(24)35(28)2)29(36)31-15-12-20-8-5-7-19-6-3-4-9-22(19)20/h3-11,13-14,16-18H,12,15H2,1-2H3,(H,31,36)(H,32,33). The van der Waals surface area contributed by atoms with Gasteiger partial charge in [-0.2, -0.15) is 0 Å². The predicted molar refractivity (Wildman–Crippen MR) is 142 cm³/mol. The second-order valence-corrected chi connectivity index (χ2v) is 9.11. The molecule has 3 aromatic carbocycles. The number of rotatable bonds is 6. The molecule has 1 unspecified atom stereocenters. The van der Waals surface area contributed by atoms with Gasteiger partial charge in [0.25, 0.3) is 5.91 Å². The monoisotopic (exact) mass is 474 g/mol. The lowest BCUT2D eigenvalue weighted by Gasteiger charge is -2.09. The molecular weight excluding hydrogens is 448 g/mol. The first-order valence-corrected chi connectivity index (χ1v) is 12.1. The van der Waals surface area contributed by atoms with Crippen LogP contribution >= 0.6 is 0 Å². The molecule has 6 rings (SSSR count). The summed E-state index contributed by atoms with van der Waals surface area (Å²) in [5, 5.41) is 5.52. The zero-order valence-electron chi connectivity index (χ0n) is 20.2. The van der Waals surface area contributed by atoms with Crippen LogP contribution in [-0.4, -0.2) is 37.0 Å². The summed E-state index contributed by atoms with van der Waals surface area (Å²) in [5.74, 6) is 1.58. The Morgan fingerprint density at radius 3 is 2.78 bits per heavy atom. The molecule has 7 heteroatoms. The number of aromatic nitrogens is 5. The number of carbonyl (C=O) groups is 1. The lowest BCUT2D eigenvalue weighted by Crippen LogP contribution is -2.25. The number of imidazole rings is 2. The molecule has 0 aliphatic rings. The van der Waals surface area contributed by atoms with Crippen molar-refractivity contribution in [2.75, 3.05) is 6.54 Å². The van der Waals surface area contributed by atoms with E-state index in [0.717, 1.165) is 40.1 Å². The fraction of sp³-hybridized carbons (Fsp3) is 0.172. The van der Waals surface area contributed by atoms with Gasteiger partial charge in [0.05, 0.1) is 28.7 Å². The number of nitrogens with zero attached hydrogens (tertiary/aromatic N) is 4. The zero-order chi connectivity index (χ0) is 24.6. The number of amides is 1. The van der Waals surface area contributed by atoms with Gasteiger partial charge < -0.3 is 14.9 Å². The van der Waals surface area contributed by atoms with Crippen LogP contribution in [0.1, 0.15) is 40.4 Å². The fourth-order valence-electron chi connectivity index (χ4n) is 4.86. The normalized spacial score (nSPS) is 12.4. The van der Waals surface area contributed by atoms with Gasteiger partial charge in [-0.25, -0.2) is 9.97 Å². The highest BCUT2D eigenvalue weighted by atomic mass is 16.1. The lowest BCUT2D eigenvalue weighted by molar-refractivity contribution is 0.0954. The summed E-state index contributed by atoms with van der Waals surface area (Å²) >= 11 is 0. The summed E-state index contributed by atoms with van der Waals surface area (Å²) in [6.45, 7) is 2.65. The van der Waals surface area contributed by atoms with Crippen LogP contribution < -0.4 is 5.32 Å². The van der Waals surface area contributed by atoms with Crippen molar-refractivity contribution in [1.82, 2.24) is 29.8 Å². The fourth-order valence-corrected chi connectivity index (χ4v) is 4.86.